The molecule has 3 aromatic rings. The summed E-state index contributed by atoms with van der Waals surface area (Å²) in [5.74, 6) is 2.96. The third kappa shape index (κ3) is 13.3. The largest absolute Gasteiger partial charge is 0.395 e. The maximum atomic E-state index is 9.58. The Morgan fingerprint density at radius 1 is 0.500 bits per heavy atom. The minimum atomic E-state index is 0.256. The van der Waals surface area contributed by atoms with E-state index in [-0.39, 0.29) is 19.8 Å². The number of aliphatic hydroxyl groups excluding tert-OH is 3. The maximum Gasteiger partial charge on any atom is 0.0587 e. The first-order valence-electron chi connectivity index (χ1n) is 26.0. The van der Waals surface area contributed by atoms with Gasteiger partial charge in [0.05, 0.1) is 51.0 Å². The molecule has 0 aliphatic carbocycles. The van der Waals surface area contributed by atoms with E-state index in [0.29, 0.717) is 53.6 Å². The van der Waals surface area contributed by atoms with Crippen molar-refractivity contribution in [2.45, 2.75) is 173 Å². The van der Waals surface area contributed by atoms with Gasteiger partial charge >= 0.3 is 0 Å². The van der Waals surface area contributed by atoms with E-state index < -0.39 is 0 Å². The predicted molar refractivity (Wildman–Crippen MR) is 263 cm³/mol. The van der Waals surface area contributed by atoms with Crippen LogP contribution in [0, 0.1) is 0 Å². The van der Waals surface area contributed by atoms with Crippen molar-refractivity contribution < 1.29 is 29.5 Å². The number of rotatable bonds is 15. The molecule has 9 rings (SSSR count). The fourth-order valence-corrected chi connectivity index (χ4v) is 11.1. The minimum absolute atomic E-state index is 0.256. The molecular weight excluding hydrogens is 827 g/mol. The number of aromatic nitrogens is 2. The van der Waals surface area contributed by atoms with Gasteiger partial charge in [-0.25, -0.2) is 0 Å². The summed E-state index contributed by atoms with van der Waals surface area (Å²) in [4.78, 5) is 17.2. The van der Waals surface area contributed by atoms with Crippen molar-refractivity contribution in [3.8, 4) is 0 Å². The van der Waals surface area contributed by atoms with Crippen LogP contribution in [0.1, 0.15) is 185 Å². The van der Waals surface area contributed by atoms with E-state index in [1.54, 1.807) is 0 Å². The van der Waals surface area contributed by atoms with Crippen molar-refractivity contribution in [1.82, 2.24) is 24.7 Å². The molecule has 0 unspecified atom stereocenters. The smallest absolute Gasteiger partial charge is 0.0587 e. The van der Waals surface area contributed by atoms with E-state index in [1.165, 1.54) is 58.5 Å². The Kier molecular flexibility index (Phi) is 19.4. The quantitative estimate of drug-likeness (QED) is 0.136. The van der Waals surface area contributed by atoms with Gasteiger partial charge in [0.25, 0.3) is 0 Å². The van der Waals surface area contributed by atoms with Crippen LogP contribution in [0.4, 0.5) is 0 Å². The molecule has 6 aliphatic rings. The molecule has 11 nitrogen and oxygen atoms in total. The molecule has 6 fully saturated rings. The van der Waals surface area contributed by atoms with Gasteiger partial charge in [-0.3, -0.25) is 24.7 Å². The summed E-state index contributed by atoms with van der Waals surface area (Å²) >= 11 is 0. The lowest BCUT2D eigenvalue weighted by molar-refractivity contribution is 0.151. The Morgan fingerprint density at radius 3 is 1.26 bits per heavy atom. The Hall–Kier alpha value is -2.84. The van der Waals surface area contributed by atoms with Crippen LogP contribution in [-0.4, -0.2) is 137 Å². The van der Waals surface area contributed by atoms with E-state index in [4.69, 9.17) is 24.2 Å². The van der Waals surface area contributed by atoms with Gasteiger partial charge in [0.1, 0.15) is 0 Å². The topological polar surface area (TPSA) is 124 Å². The number of hydrogen-bond donors (Lipinski definition) is 3. The zero-order valence-corrected chi connectivity index (χ0v) is 41.5. The second-order valence-corrected chi connectivity index (χ2v) is 21.0. The van der Waals surface area contributed by atoms with Crippen molar-refractivity contribution in [2.75, 3.05) is 79.1 Å². The zero-order chi connectivity index (χ0) is 46.6. The molecule has 66 heavy (non-hydrogen) atoms. The third-order valence-corrected chi connectivity index (χ3v) is 15.4. The summed E-state index contributed by atoms with van der Waals surface area (Å²) < 4.78 is 16.8. The van der Waals surface area contributed by atoms with Gasteiger partial charge in [0, 0.05) is 86.7 Å². The number of benzene rings is 1. The van der Waals surface area contributed by atoms with Crippen LogP contribution in [0.15, 0.2) is 42.5 Å². The van der Waals surface area contributed by atoms with E-state index in [9.17, 15) is 15.3 Å². The summed E-state index contributed by atoms with van der Waals surface area (Å²) in [6.45, 7) is 25.1. The highest BCUT2D eigenvalue weighted by Crippen LogP contribution is 2.34. The normalized spacial score (nSPS) is 26.2. The minimum Gasteiger partial charge on any atom is -0.395 e. The Bertz CT molecular complexity index is 1710. The highest BCUT2D eigenvalue weighted by atomic mass is 16.5. The first-order chi connectivity index (χ1) is 32.1. The molecule has 0 amide bonds. The number of pyridine rings is 2. The molecule has 366 valence electrons. The standard InChI is InChI=1S/C19H29NO2.2C18H28N2O2/c1-14(2)15-5-6-19(16-7-9-22-13-16)17(10-15)11-20-8-3-4-18(20)12-21;2*1-13(2)17-6-5-16(14-7-9-22-12-14)18(19-17)10-20-8-3-4-15(20)11-21/h5-6,10,14,16,18,21H,3-4,7-9,11-13H2,1-2H3;2*5-6,13-15,21H,3-4,7-12H2,1-2H3/t16-,18-;14-,15+;14-,15-/m110/s1. The molecule has 2 aromatic heterocycles. The fraction of sp³-hybridized carbons (Fsp3) is 0.709. The van der Waals surface area contributed by atoms with E-state index >= 15 is 0 Å². The maximum absolute atomic E-state index is 9.58. The molecule has 8 heterocycles. The summed E-state index contributed by atoms with van der Waals surface area (Å²) in [7, 11) is 0. The molecule has 6 saturated heterocycles. The number of ether oxygens (including phenoxy) is 3. The van der Waals surface area contributed by atoms with Crippen LogP contribution in [0.2, 0.25) is 0 Å². The van der Waals surface area contributed by atoms with Crippen molar-refractivity contribution in [3.05, 3.63) is 93.1 Å². The number of aliphatic hydroxyl groups is 3. The van der Waals surface area contributed by atoms with E-state index in [2.05, 4.69) is 98.7 Å². The Balaban J connectivity index is 0.000000147. The van der Waals surface area contributed by atoms with Crippen LogP contribution in [0.3, 0.4) is 0 Å². The molecule has 0 saturated carbocycles. The number of likely N-dealkylation sites (tertiary alicyclic amines) is 3. The van der Waals surface area contributed by atoms with Crippen LogP contribution >= 0.6 is 0 Å². The second kappa shape index (κ2) is 25.1. The van der Waals surface area contributed by atoms with Crippen molar-refractivity contribution in [3.63, 3.8) is 0 Å². The molecular formula is C55H85N5O6. The summed E-state index contributed by atoms with van der Waals surface area (Å²) in [6, 6.07) is 16.8. The summed E-state index contributed by atoms with van der Waals surface area (Å²) in [5, 5.41) is 28.7. The lowest BCUT2D eigenvalue weighted by atomic mass is 9.89. The van der Waals surface area contributed by atoms with Crippen LogP contribution in [0.25, 0.3) is 0 Å². The molecule has 0 bridgehead atoms. The van der Waals surface area contributed by atoms with Crippen molar-refractivity contribution >= 4 is 0 Å². The predicted octanol–water partition coefficient (Wildman–Crippen LogP) is 8.60. The van der Waals surface area contributed by atoms with Crippen LogP contribution in [0.5, 0.6) is 0 Å². The first-order valence-corrected chi connectivity index (χ1v) is 26.0. The van der Waals surface area contributed by atoms with Gasteiger partial charge in [-0.05, 0) is 135 Å². The van der Waals surface area contributed by atoms with Crippen molar-refractivity contribution in [2.24, 2.45) is 0 Å². The van der Waals surface area contributed by atoms with Crippen molar-refractivity contribution in [1.29, 1.82) is 0 Å². The molecule has 1 aromatic carbocycles. The van der Waals surface area contributed by atoms with Gasteiger partial charge < -0.3 is 29.5 Å². The van der Waals surface area contributed by atoms with Crippen LogP contribution < -0.4 is 0 Å². The van der Waals surface area contributed by atoms with E-state index in [0.717, 1.165) is 129 Å². The number of hydrogen-bond acceptors (Lipinski definition) is 11. The highest BCUT2D eigenvalue weighted by Gasteiger charge is 2.31. The molecule has 0 spiro atoms. The lowest BCUT2D eigenvalue weighted by Gasteiger charge is -2.26. The van der Waals surface area contributed by atoms with E-state index in [1.807, 2.05) is 0 Å². The monoisotopic (exact) mass is 912 g/mol. The van der Waals surface area contributed by atoms with Crippen LogP contribution in [-0.2, 0) is 33.8 Å². The van der Waals surface area contributed by atoms with Gasteiger partial charge in [0.15, 0.2) is 0 Å². The molecule has 6 atom stereocenters. The first kappa shape index (κ1) is 51.0. The average Bonchev–Trinajstić information content (AvgIpc) is 4.19. The Morgan fingerprint density at radius 2 is 0.894 bits per heavy atom. The highest BCUT2D eigenvalue weighted by molar-refractivity contribution is 5.37. The third-order valence-electron chi connectivity index (χ3n) is 15.4. The fourth-order valence-electron chi connectivity index (χ4n) is 11.1. The van der Waals surface area contributed by atoms with Gasteiger partial charge in [0.2, 0.25) is 0 Å². The summed E-state index contributed by atoms with van der Waals surface area (Å²) in [5.41, 5.74) is 11.7. The van der Waals surface area contributed by atoms with Gasteiger partial charge in [-0.15, -0.1) is 0 Å². The molecule has 0 radical (unpaired) electrons. The van der Waals surface area contributed by atoms with Gasteiger partial charge in [-0.1, -0.05) is 71.9 Å². The molecule has 6 aliphatic heterocycles. The zero-order valence-electron chi connectivity index (χ0n) is 41.5. The average molecular weight is 912 g/mol. The SMILES string of the molecule is CC(C)c1ccc([C@@H]2CCOC2)c(CN2CCC[C@@H]2CO)c1.CC(C)c1ccc([C@@H]2CCOC2)c(CN2CCC[C@H]2CO)n1.CC(C)c1ccc([C@H]2CCOC2)c(CN2CCC[C@H]2CO)n1. The number of nitrogens with zero attached hydrogens (tertiary/aromatic N) is 5. The Labute approximate surface area is 397 Å². The molecule has 11 heteroatoms. The summed E-state index contributed by atoms with van der Waals surface area (Å²) in [6.07, 6.45) is 10.2. The lowest BCUT2D eigenvalue weighted by Crippen LogP contribution is -2.32. The second-order valence-electron chi connectivity index (χ2n) is 21.0. The molecule has 3 N–H and O–H groups in total. The van der Waals surface area contributed by atoms with Gasteiger partial charge in [-0.2, -0.15) is 0 Å².